The normalized spacial score (nSPS) is 33.3. The number of hydrogen-bond donors (Lipinski definition) is 2. The molecule has 2 fully saturated rings. The quantitative estimate of drug-likeness (QED) is 0.744. The number of nitrogens with zero attached hydrogens (tertiary/aromatic N) is 1. The van der Waals surface area contributed by atoms with Gasteiger partial charge in [0.25, 0.3) is 0 Å². The van der Waals surface area contributed by atoms with Crippen LogP contribution in [0.15, 0.2) is 0 Å². The van der Waals surface area contributed by atoms with Crippen LogP contribution in [0.4, 0.5) is 0 Å². The summed E-state index contributed by atoms with van der Waals surface area (Å²) in [6.07, 6.45) is 3.86. The van der Waals surface area contributed by atoms with Crippen molar-refractivity contribution in [1.29, 1.82) is 0 Å². The van der Waals surface area contributed by atoms with Crippen molar-refractivity contribution in [3.8, 4) is 0 Å². The molecule has 4 heteroatoms. The van der Waals surface area contributed by atoms with Gasteiger partial charge in [0, 0.05) is 30.7 Å². The molecule has 0 radical (unpaired) electrons. The molecule has 1 saturated heterocycles. The van der Waals surface area contributed by atoms with Crippen molar-refractivity contribution in [3.05, 3.63) is 0 Å². The summed E-state index contributed by atoms with van der Waals surface area (Å²) in [6.45, 7) is 9.57. The zero-order valence-corrected chi connectivity index (χ0v) is 12.0. The molecule has 0 aromatic rings. The van der Waals surface area contributed by atoms with Crippen LogP contribution in [-0.2, 0) is 4.74 Å². The van der Waals surface area contributed by atoms with Gasteiger partial charge in [-0.05, 0) is 40.0 Å². The predicted molar refractivity (Wildman–Crippen MR) is 72.7 cm³/mol. The number of morpholine rings is 1. The van der Waals surface area contributed by atoms with E-state index in [2.05, 4.69) is 31.0 Å². The van der Waals surface area contributed by atoms with E-state index in [9.17, 15) is 5.11 Å². The molecule has 2 N–H and O–H groups in total. The first-order chi connectivity index (χ1) is 8.52. The van der Waals surface area contributed by atoms with Crippen molar-refractivity contribution in [2.45, 2.75) is 63.8 Å². The fourth-order valence-electron chi connectivity index (χ4n) is 2.59. The van der Waals surface area contributed by atoms with Crippen LogP contribution in [0.5, 0.6) is 0 Å². The summed E-state index contributed by atoms with van der Waals surface area (Å²) >= 11 is 0. The van der Waals surface area contributed by atoms with Crippen LogP contribution in [0.3, 0.4) is 0 Å². The van der Waals surface area contributed by atoms with Crippen molar-refractivity contribution in [3.63, 3.8) is 0 Å². The van der Waals surface area contributed by atoms with E-state index in [0.29, 0.717) is 18.2 Å². The molecular formula is C14H28N2O2. The summed E-state index contributed by atoms with van der Waals surface area (Å²) in [4.78, 5) is 2.48. The monoisotopic (exact) mass is 256 g/mol. The Kier molecular flexibility index (Phi) is 4.64. The van der Waals surface area contributed by atoms with Crippen molar-refractivity contribution >= 4 is 0 Å². The molecule has 0 bridgehead atoms. The van der Waals surface area contributed by atoms with Crippen LogP contribution >= 0.6 is 0 Å². The smallest absolute Gasteiger partial charge is 0.0674 e. The van der Waals surface area contributed by atoms with E-state index in [1.165, 1.54) is 12.8 Å². The minimum atomic E-state index is -0.123. The molecule has 0 amide bonds. The maximum Gasteiger partial charge on any atom is 0.0674 e. The first-order valence-electron chi connectivity index (χ1n) is 7.26. The van der Waals surface area contributed by atoms with Gasteiger partial charge in [-0.25, -0.2) is 0 Å². The van der Waals surface area contributed by atoms with Crippen molar-refractivity contribution in [1.82, 2.24) is 10.2 Å². The van der Waals surface area contributed by atoms with Crippen molar-refractivity contribution < 1.29 is 9.84 Å². The Morgan fingerprint density at radius 1 is 1.39 bits per heavy atom. The van der Waals surface area contributed by atoms with Crippen LogP contribution in [0.25, 0.3) is 0 Å². The Balaban J connectivity index is 1.80. The summed E-state index contributed by atoms with van der Waals surface area (Å²) in [6, 6.07) is 1.13. The number of hydrogen-bond acceptors (Lipinski definition) is 4. The average molecular weight is 256 g/mol. The minimum absolute atomic E-state index is 0.123. The van der Waals surface area contributed by atoms with Crippen LogP contribution < -0.4 is 5.32 Å². The average Bonchev–Trinajstić information content (AvgIpc) is 3.14. The van der Waals surface area contributed by atoms with Gasteiger partial charge in [-0.2, -0.15) is 0 Å². The maximum absolute atomic E-state index is 9.60. The lowest BCUT2D eigenvalue weighted by atomic mass is 9.97. The van der Waals surface area contributed by atoms with E-state index >= 15 is 0 Å². The minimum Gasteiger partial charge on any atom is -0.394 e. The topological polar surface area (TPSA) is 44.7 Å². The molecule has 1 heterocycles. The number of aliphatic hydroxyl groups excluding tert-OH is 1. The van der Waals surface area contributed by atoms with Crippen LogP contribution in [0.2, 0.25) is 0 Å². The summed E-state index contributed by atoms with van der Waals surface area (Å²) in [5.74, 6) is 0. The molecule has 4 nitrogen and oxygen atoms in total. The highest BCUT2D eigenvalue weighted by molar-refractivity contribution is 4.93. The molecule has 1 aliphatic carbocycles. The van der Waals surface area contributed by atoms with E-state index in [1.54, 1.807) is 0 Å². The largest absolute Gasteiger partial charge is 0.394 e. The van der Waals surface area contributed by atoms with E-state index in [1.807, 2.05) is 0 Å². The highest BCUT2D eigenvalue weighted by atomic mass is 16.5. The van der Waals surface area contributed by atoms with Gasteiger partial charge in [0.15, 0.2) is 0 Å². The Bertz CT molecular complexity index is 271. The van der Waals surface area contributed by atoms with Crippen LogP contribution in [0, 0.1) is 0 Å². The standard InChI is InChI=1S/C14H28N2O2/c1-11-9-18-12(2)8-16(11)7-6-14(3,10-17)15-13-4-5-13/h11-13,15,17H,4-10H2,1-3H3. The molecule has 106 valence electrons. The number of rotatable bonds is 6. The fraction of sp³-hybridized carbons (Fsp3) is 1.00. The SMILES string of the molecule is CC1CN(CCC(C)(CO)NC2CC2)C(C)CO1. The highest BCUT2D eigenvalue weighted by Crippen LogP contribution is 2.24. The maximum atomic E-state index is 9.60. The molecule has 3 atom stereocenters. The van der Waals surface area contributed by atoms with Gasteiger partial charge in [-0.3, -0.25) is 4.90 Å². The second-order valence-electron chi connectivity index (χ2n) is 6.38. The zero-order valence-electron chi connectivity index (χ0n) is 12.0. The van der Waals surface area contributed by atoms with Crippen LogP contribution in [0.1, 0.15) is 40.0 Å². The summed E-state index contributed by atoms with van der Waals surface area (Å²) in [5, 5.41) is 13.2. The molecule has 3 unspecified atom stereocenters. The third-order valence-corrected chi connectivity index (χ3v) is 4.17. The molecule has 2 rings (SSSR count). The van der Waals surface area contributed by atoms with Gasteiger partial charge in [0.2, 0.25) is 0 Å². The molecule has 2 aliphatic rings. The number of aliphatic hydroxyl groups is 1. The van der Waals surface area contributed by atoms with Gasteiger partial charge < -0.3 is 15.2 Å². The number of ether oxygens (including phenoxy) is 1. The summed E-state index contributed by atoms with van der Waals surface area (Å²) in [5.41, 5.74) is -0.123. The molecular weight excluding hydrogens is 228 g/mol. The first kappa shape index (κ1) is 14.3. The lowest BCUT2D eigenvalue weighted by Crippen LogP contribution is -2.52. The molecule has 0 aromatic carbocycles. The second-order valence-corrected chi connectivity index (χ2v) is 6.38. The van der Waals surface area contributed by atoms with E-state index in [4.69, 9.17) is 4.74 Å². The van der Waals surface area contributed by atoms with Crippen molar-refractivity contribution in [2.75, 3.05) is 26.3 Å². The lowest BCUT2D eigenvalue weighted by Gasteiger charge is -2.39. The highest BCUT2D eigenvalue weighted by Gasteiger charge is 2.33. The summed E-state index contributed by atoms with van der Waals surface area (Å²) in [7, 11) is 0. The second kappa shape index (κ2) is 5.87. The Morgan fingerprint density at radius 2 is 2.11 bits per heavy atom. The molecule has 1 saturated carbocycles. The Morgan fingerprint density at radius 3 is 2.72 bits per heavy atom. The molecule has 0 spiro atoms. The molecule has 0 aromatic heterocycles. The number of nitrogens with one attached hydrogen (secondary N) is 1. The zero-order chi connectivity index (χ0) is 13.2. The van der Waals surface area contributed by atoms with Crippen molar-refractivity contribution in [2.24, 2.45) is 0 Å². The van der Waals surface area contributed by atoms with Crippen LogP contribution in [-0.4, -0.2) is 60.0 Å². The van der Waals surface area contributed by atoms with Gasteiger partial charge in [0.1, 0.15) is 0 Å². The fourth-order valence-corrected chi connectivity index (χ4v) is 2.59. The predicted octanol–water partition coefficient (Wildman–Crippen LogP) is 0.989. The van der Waals surface area contributed by atoms with E-state index in [0.717, 1.165) is 26.1 Å². The van der Waals surface area contributed by atoms with E-state index in [-0.39, 0.29) is 12.1 Å². The third kappa shape index (κ3) is 3.92. The molecule has 1 aliphatic heterocycles. The van der Waals surface area contributed by atoms with Gasteiger partial charge >= 0.3 is 0 Å². The van der Waals surface area contributed by atoms with Gasteiger partial charge in [-0.15, -0.1) is 0 Å². The van der Waals surface area contributed by atoms with E-state index < -0.39 is 0 Å². The Hall–Kier alpha value is -0.160. The Labute approximate surface area is 111 Å². The first-order valence-corrected chi connectivity index (χ1v) is 7.26. The summed E-state index contributed by atoms with van der Waals surface area (Å²) < 4.78 is 5.65. The van der Waals surface area contributed by atoms with Gasteiger partial charge in [-0.1, -0.05) is 0 Å². The van der Waals surface area contributed by atoms with Gasteiger partial charge in [0.05, 0.1) is 19.3 Å². The lowest BCUT2D eigenvalue weighted by molar-refractivity contribution is -0.0523. The molecule has 18 heavy (non-hydrogen) atoms. The third-order valence-electron chi connectivity index (χ3n) is 4.17.